The van der Waals surface area contributed by atoms with Crippen LogP contribution in [-0.2, 0) is 20.6 Å². The summed E-state index contributed by atoms with van der Waals surface area (Å²) < 4.78 is 53.0. The molecule has 37 heavy (non-hydrogen) atoms. The van der Waals surface area contributed by atoms with E-state index in [1.54, 1.807) is 17.5 Å². The molecule has 1 aliphatic carbocycles. The van der Waals surface area contributed by atoms with E-state index in [2.05, 4.69) is 5.32 Å². The van der Waals surface area contributed by atoms with E-state index in [1.165, 1.54) is 22.3 Å². The molecule has 1 saturated carbocycles. The van der Waals surface area contributed by atoms with Crippen molar-refractivity contribution in [1.82, 2.24) is 10.2 Å². The minimum atomic E-state index is -4.82. The highest BCUT2D eigenvalue weighted by molar-refractivity contribution is 8.26. The zero-order chi connectivity index (χ0) is 26.9. The van der Waals surface area contributed by atoms with Crippen molar-refractivity contribution in [3.63, 3.8) is 0 Å². The predicted octanol–water partition coefficient (Wildman–Crippen LogP) is 5.53. The Bertz CT molecular complexity index is 1290. The molecule has 2 amide bonds. The van der Waals surface area contributed by atoms with Gasteiger partial charge in [-0.1, -0.05) is 30.0 Å². The fraction of sp³-hybridized carbons (Fsp3) is 0.333. The van der Waals surface area contributed by atoms with Crippen molar-refractivity contribution in [2.75, 3.05) is 6.54 Å². The lowest BCUT2D eigenvalue weighted by atomic mass is 10.0. The van der Waals surface area contributed by atoms with Crippen molar-refractivity contribution in [2.45, 2.75) is 37.9 Å². The molecular formula is C24H20F4N2O4S3. The monoisotopic (exact) mass is 572 g/mol. The molecule has 2 atom stereocenters. The van der Waals surface area contributed by atoms with E-state index >= 15 is 0 Å². The Morgan fingerprint density at radius 2 is 1.97 bits per heavy atom. The molecule has 2 heterocycles. The molecule has 6 nitrogen and oxygen atoms in total. The highest BCUT2D eigenvalue weighted by atomic mass is 32.2. The summed E-state index contributed by atoms with van der Waals surface area (Å²) >= 11 is 7.55. The van der Waals surface area contributed by atoms with E-state index in [1.807, 2.05) is 0 Å². The molecule has 0 bridgehead atoms. The molecular weight excluding hydrogens is 552 g/mol. The van der Waals surface area contributed by atoms with Gasteiger partial charge < -0.3 is 10.4 Å². The highest BCUT2D eigenvalue weighted by Gasteiger charge is 2.35. The van der Waals surface area contributed by atoms with E-state index < -0.39 is 29.4 Å². The fourth-order valence-corrected chi connectivity index (χ4v) is 6.40. The van der Waals surface area contributed by atoms with E-state index in [4.69, 9.17) is 17.3 Å². The molecule has 2 aromatic rings. The number of amides is 2. The van der Waals surface area contributed by atoms with Gasteiger partial charge in [0, 0.05) is 23.9 Å². The summed E-state index contributed by atoms with van der Waals surface area (Å²) in [5.41, 5.74) is -0.705. The van der Waals surface area contributed by atoms with Crippen molar-refractivity contribution in [3.05, 3.63) is 50.8 Å². The van der Waals surface area contributed by atoms with Crippen LogP contribution in [-0.4, -0.2) is 44.7 Å². The number of carboxylic acids is 1. The molecule has 0 radical (unpaired) electrons. The van der Waals surface area contributed by atoms with Gasteiger partial charge >= 0.3 is 12.1 Å². The van der Waals surface area contributed by atoms with Gasteiger partial charge in [0.25, 0.3) is 5.91 Å². The Hall–Kier alpha value is -2.77. The number of benzene rings is 1. The van der Waals surface area contributed by atoms with Crippen molar-refractivity contribution >= 4 is 63.5 Å². The predicted molar refractivity (Wildman–Crippen MR) is 136 cm³/mol. The SMILES string of the molecule is O=C(CCN1C(=O)/C(=C/c2cc(-c3ccc(F)c(C(F)(F)F)c3)cs2)SC1=S)NC1CC[C@H](C(=O)O)C1. The van der Waals surface area contributed by atoms with Crippen LogP contribution in [0.25, 0.3) is 17.2 Å². The van der Waals surface area contributed by atoms with Gasteiger partial charge in [0.15, 0.2) is 0 Å². The standard InChI is InChI=1S/C24H20F4N2O4S3/c25-18-4-2-12(9-17(18)24(26,27)28)14-8-16(36-11-14)10-19-21(32)30(23(35)37-19)6-5-20(31)29-15-3-1-13(7-15)22(33)34/h2,4,8-11,13,15H,1,3,5-7H2,(H,29,31)(H,33,34)/b19-10-/t13-,15?/m0/s1. The number of hydrogen-bond donors (Lipinski definition) is 2. The van der Waals surface area contributed by atoms with Crippen molar-refractivity contribution in [3.8, 4) is 11.1 Å². The van der Waals surface area contributed by atoms with Crippen LogP contribution < -0.4 is 5.32 Å². The molecule has 13 heteroatoms. The molecule has 4 rings (SSSR count). The molecule has 1 aromatic carbocycles. The van der Waals surface area contributed by atoms with E-state index in [9.17, 15) is 31.9 Å². The molecule has 196 valence electrons. The number of alkyl halides is 3. The smallest absolute Gasteiger partial charge is 0.419 e. The molecule has 0 spiro atoms. The van der Waals surface area contributed by atoms with Crippen LogP contribution >= 0.6 is 35.3 Å². The van der Waals surface area contributed by atoms with E-state index in [0.29, 0.717) is 34.6 Å². The summed E-state index contributed by atoms with van der Waals surface area (Å²) in [5.74, 6) is -3.37. The Kier molecular flexibility index (Phi) is 8.05. The lowest BCUT2D eigenvalue weighted by Gasteiger charge is -2.16. The number of carbonyl (C=O) groups is 3. The fourth-order valence-electron chi connectivity index (χ4n) is 4.17. The second-order valence-electron chi connectivity index (χ2n) is 8.63. The summed E-state index contributed by atoms with van der Waals surface area (Å²) in [5, 5.41) is 13.5. The second kappa shape index (κ2) is 10.9. The van der Waals surface area contributed by atoms with E-state index in [0.717, 1.165) is 23.9 Å². The van der Waals surface area contributed by atoms with Gasteiger partial charge in [-0.3, -0.25) is 19.3 Å². The lowest BCUT2D eigenvalue weighted by molar-refractivity contribution is -0.142. The lowest BCUT2D eigenvalue weighted by Crippen LogP contribution is -2.37. The first-order valence-electron chi connectivity index (χ1n) is 11.2. The molecule has 1 aromatic heterocycles. The largest absolute Gasteiger partial charge is 0.481 e. The molecule has 1 aliphatic heterocycles. The summed E-state index contributed by atoms with van der Waals surface area (Å²) in [6, 6.07) is 4.17. The van der Waals surface area contributed by atoms with Gasteiger partial charge in [0.2, 0.25) is 5.91 Å². The van der Waals surface area contributed by atoms with Crippen LogP contribution in [0.4, 0.5) is 17.6 Å². The van der Waals surface area contributed by atoms with Gasteiger partial charge in [0.05, 0.1) is 16.4 Å². The van der Waals surface area contributed by atoms with Crippen molar-refractivity contribution in [2.24, 2.45) is 5.92 Å². The van der Waals surface area contributed by atoms with Gasteiger partial charge in [-0.15, -0.1) is 11.3 Å². The summed E-state index contributed by atoms with van der Waals surface area (Å²) in [4.78, 5) is 38.5. The molecule has 1 saturated heterocycles. The summed E-state index contributed by atoms with van der Waals surface area (Å²) in [6.07, 6.45) is -1.76. The van der Waals surface area contributed by atoms with Crippen LogP contribution in [0.5, 0.6) is 0 Å². The van der Waals surface area contributed by atoms with Crippen LogP contribution in [0.1, 0.15) is 36.1 Å². The van der Waals surface area contributed by atoms with Crippen LogP contribution in [0.15, 0.2) is 34.6 Å². The van der Waals surface area contributed by atoms with Gasteiger partial charge in [-0.25, -0.2) is 4.39 Å². The zero-order valence-electron chi connectivity index (χ0n) is 19.0. The number of carboxylic acid groups (broad SMARTS) is 1. The number of nitrogens with zero attached hydrogens (tertiary/aromatic N) is 1. The van der Waals surface area contributed by atoms with E-state index in [-0.39, 0.29) is 40.7 Å². The molecule has 2 fully saturated rings. The highest BCUT2D eigenvalue weighted by Crippen LogP contribution is 2.37. The first-order chi connectivity index (χ1) is 17.4. The van der Waals surface area contributed by atoms with Crippen LogP contribution in [0.3, 0.4) is 0 Å². The Balaban J connectivity index is 1.38. The zero-order valence-corrected chi connectivity index (χ0v) is 21.5. The Labute approximate surface area is 222 Å². The number of nitrogens with one attached hydrogen (secondary N) is 1. The first-order valence-corrected chi connectivity index (χ1v) is 13.3. The van der Waals surface area contributed by atoms with Gasteiger partial charge in [-0.05, 0) is 60.0 Å². The van der Waals surface area contributed by atoms with Gasteiger partial charge in [-0.2, -0.15) is 13.2 Å². The summed E-state index contributed by atoms with van der Waals surface area (Å²) in [7, 11) is 0. The maximum absolute atomic E-state index is 13.6. The molecule has 2 aliphatic rings. The number of hydrogen-bond acceptors (Lipinski definition) is 6. The average molecular weight is 573 g/mol. The minimum absolute atomic E-state index is 0.00319. The number of carbonyl (C=O) groups excluding carboxylic acids is 2. The molecule has 2 N–H and O–H groups in total. The normalized spacial score (nSPS) is 21.2. The maximum Gasteiger partial charge on any atom is 0.419 e. The Morgan fingerprint density at radius 3 is 2.65 bits per heavy atom. The molecule has 1 unspecified atom stereocenters. The number of rotatable bonds is 7. The number of thiocarbonyl (C=S) groups is 1. The topological polar surface area (TPSA) is 86.7 Å². The first kappa shape index (κ1) is 27.3. The second-order valence-corrected chi connectivity index (χ2v) is 11.2. The average Bonchev–Trinajstić information content (AvgIpc) is 3.53. The number of halogens is 4. The van der Waals surface area contributed by atoms with Crippen LogP contribution in [0, 0.1) is 11.7 Å². The van der Waals surface area contributed by atoms with Gasteiger partial charge in [0.1, 0.15) is 10.1 Å². The van der Waals surface area contributed by atoms with Crippen molar-refractivity contribution < 1.29 is 37.1 Å². The van der Waals surface area contributed by atoms with Crippen molar-refractivity contribution in [1.29, 1.82) is 0 Å². The van der Waals surface area contributed by atoms with Crippen LogP contribution in [0.2, 0.25) is 0 Å². The number of thioether (sulfide) groups is 1. The quantitative estimate of drug-likeness (QED) is 0.258. The summed E-state index contributed by atoms with van der Waals surface area (Å²) in [6.45, 7) is 0.0639. The minimum Gasteiger partial charge on any atom is -0.481 e. The number of thiophene rings is 1. The third kappa shape index (κ3) is 6.39. The Morgan fingerprint density at radius 1 is 1.22 bits per heavy atom. The number of aliphatic carboxylic acids is 1. The third-order valence-corrected chi connectivity index (χ3v) is 8.34. The maximum atomic E-state index is 13.6. The third-order valence-electron chi connectivity index (χ3n) is 6.08.